The highest BCUT2D eigenvalue weighted by molar-refractivity contribution is 5.79. The molecule has 0 radical (unpaired) electrons. The molecule has 5 heteroatoms. The fourth-order valence-electron chi connectivity index (χ4n) is 1.65. The maximum atomic E-state index is 13.2. The molecule has 0 aromatic heterocycles. The number of hydrogen-bond acceptors (Lipinski definition) is 2. The quantitative estimate of drug-likeness (QED) is 0.581. The summed E-state index contributed by atoms with van der Waals surface area (Å²) in [4.78, 5) is 11.3. The first-order chi connectivity index (χ1) is 7.02. The Balaban J connectivity index is 2.33. The Morgan fingerprint density at radius 1 is 1.47 bits per heavy atom. The predicted molar refractivity (Wildman–Crippen MR) is 51.8 cm³/mol. The van der Waals surface area contributed by atoms with E-state index in [4.69, 9.17) is 5.11 Å². The van der Waals surface area contributed by atoms with E-state index in [0.29, 0.717) is 19.4 Å². The van der Waals surface area contributed by atoms with E-state index in [1.165, 1.54) is 6.08 Å². The third-order valence-corrected chi connectivity index (χ3v) is 2.44. The van der Waals surface area contributed by atoms with Crippen molar-refractivity contribution in [2.75, 3.05) is 13.1 Å². The van der Waals surface area contributed by atoms with Gasteiger partial charge in [-0.1, -0.05) is 6.08 Å². The maximum Gasteiger partial charge on any atom is 0.327 e. The second-order valence-electron chi connectivity index (χ2n) is 3.64. The third-order valence-electron chi connectivity index (χ3n) is 2.44. The van der Waals surface area contributed by atoms with Gasteiger partial charge >= 0.3 is 12.0 Å². The van der Waals surface area contributed by atoms with Crippen molar-refractivity contribution >= 4 is 5.97 Å². The van der Waals surface area contributed by atoms with Crippen LogP contribution in [0.2, 0.25) is 0 Å². The van der Waals surface area contributed by atoms with Gasteiger partial charge in [-0.15, -0.1) is 0 Å². The van der Waals surface area contributed by atoms with Gasteiger partial charge in [0.15, 0.2) is 0 Å². The molecule has 0 bridgehead atoms. The number of hydrogen-bond donors (Lipinski definition) is 1. The van der Waals surface area contributed by atoms with Gasteiger partial charge in [0.05, 0.1) is 0 Å². The van der Waals surface area contributed by atoms with Crippen LogP contribution in [0.1, 0.15) is 25.7 Å². The summed E-state index contributed by atoms with van der Waals surface area (Å²) >= 11 is 0. The molecule has 3 nitrogen and oxygen atoms in total. The number of rotatable bonds is 4. The Labute approximate surface area is 87.4 Å². The third kappa shape index (κ3) is 3.95. The Morgan fingerprint density at radius 3 is 2.80 bits per heavy atom. The number of carboxylic acids is 1. The highest BCUT2D eigenvalue weighted by Gasteiger charge is 2.38. The summed E-state index contributed by atoms with van der Waals surface area (Å²) in [5, 5.41) is 8.30. The summed E-state index contributed by atoms with van der Waals surface area (Å²) in [6.45, 7) is 0.616. The van der Waals surface area contributed by atoms with Crippen molar-refractivity contribution in [2.24, 2.45) is 0 Å². The second-order valence-corrected chi connectivity index (χ2v) is 3.64. The lowest BCUT2D eigenvalue weighted by Crippen LogP contribution is -2.45. The van der Waals surface area contributed by atoms with Crippen molar-refractivity contribution in [3.63, 3.8) is 0 Å². The standard InChI is InChI=1S/C10H15F2NO2/c11-10(12)6-2-4-8-13(10)7-3-1-5-9(14)15/h1,5H,2-4,6-8H2,(H,14,15). The summed E-state index contributed by atoms with van der Waals surface area (Å²) in [5.41, 5.74) is 0. The average Bonchev–Trinajstić information content (AvgIpc) is 2.13. The number of piperidine rings is 1. The molecular weight excluding hydrogens is 204 g/mol. The first-order valence-corrected chi connectivity index (χ1v) is 5.05. The largest absolute Gasteiger partial charge is 0.478 e. The zero-order valence-electron chi connectivity index (χ0n) is 8.46. The molecule has 0 spiro atoms. The molecule has 0 aliphatic carbocycles. The van der Waals surface area contributed by atoms with Gasteiger partial charge in [0.2, 0.25) is 0 Å². The number of alkyl halides is 2. The van der Waals surface area contributed by atoms with Gasteiger partial charge in [0.25, 0.3) is 0 Å². The highest BCUT2D eigenvalue weighted by atomic mass is 19.3. The number of aliphatic carboxylic acids is 1. The topological polar surface area (TPSA) is 40.5 Å². The van der Waals surface area contributed by atoms with E-state index >= 15 is 0 Å². The van der Waals surface area contributed by atoms with Crippen molar-refractivity contribution in [2.45, 2.75) is 31.7 Å². The SMILES string of the molecule is O=C(O)C=CCCN1CCCCC1(F)F. The summed E-state index contributed by atoms with van der Waals surface area (Å²) in [7, 11) is 0. The summed E-state index contributed by atoms with van der Waals surface area (Å²) in [6.07, 6.45) is 4.01. The number of likely N-dealkylation sites (tertiary alicyclic amines) is 1. The van der Waals surface area contributed by atoms with E-state index in [1.54, 1.807) is 0 Å². The molecule has 1 saturated heterocycles. The van der Waals surface area contributed by atoms with Gasteiger partial charge in [0.1, 0.15) is 0 Å². The second kappa shape index (κ2) is 5.21. The highest BCUT2D eigenvalue weighted by Crippen LogP contribution is 2.30. The number of carbonyl (C=O) groups is 1. The van der Waals surface area contributed by atoms with Gasteiger partial charge in [-0.3, -0.25) is 0 Å². The van der Waals surface area contributed by atoms with Crippen LogP contribution < -0.4 is 0 Å². The Bertz CT molecular complexity index is 254. The van der Waals surface area contributed by atoms with Crippen molar-refractivity contribution in [3.8, 4) is 0 Å². The van der Waals surface area contributed by atoms with E-state index < -0.39 is 12.0 Å². The van der Waals surface area contributed by atoms with Crippen LogP contribution in [-0.4, -0.2) is 35.1 Å². The fourth-order valence-corrected chi connectivity index (χ4v) is 1.65. The minimum Gasteiger partial charge on any atom is -0.478 e. The smallest absolute Gasteiger partial charge is 0.327 e. The van der Waals surface area contributed by atoms with Crippen LogP contribution in [0.25, 0.3) is 0 Å². The number of nitrogens with zero attached hydrogens (tertiary/aromatic N) is 1. The summed E-state index contributed by atoms with van der Waals surface area (Å²) < 4.78 is 26.5. The number of carboxylic acid groups (broad SMARTS) is 1. The first-order valence-electron chi connectivity index (χ1n) is 5.05. The monoisotopic (exact) mass is 219 g/mol. The lowest BCUT2D eigenvalue weighted by Gasteiger charge is -2.34. The Kier molecular flexibility index (Phi) is 4.20. The van der Waals surface area contributed by atoms with Crippen LogP contribution in [-0.2, 0) is 4.79 Å². The minimum absolute atomic E-state index is 0.0877. The summed E-state index contributed by atoms with van der Waals surface area (Å²) in [5.74, 6) is -1.04. The van der Waals surface area contributed by atoms with Crippen LogP contribution >= 0.6 is 0 Å². The molecule has 15 heavy (non-hydrogen) atoms. The maximum absolute atomic E-state index is 13.2. The fraction of sp³-hybridized carbons (Fsp3) is 0.700. The molecule has 0 atom stereocenters. The lowest BCUT2D eigenvalue weighted by molar-refractivity contribution is -0.166. The van der Waals surface area contributed by atoms with Gasteiger partial charge in [-0.25, -0.2) is 9.69 Å². The molecule has 86 valence electrons. The van der Waals surface area contributed by atoms with Crippen molar-refractivity contribution < 1.29 is 18.7 Å². The van der Waals surface area contributed by atoms with E-state index in [2.05, 4.69) is 0 Å². The van der Waals surface area contributed by atoms with E-state index in [0.717, 1.165) is 17.4 Å². The van der Waals surface area contributed by atoms with Gasteiger partial charge < -0.3 is 5.11 Å². The van der Waals surface area contributed by atoms with Crippen molar-refractivity contribution in [3.05, 3.63) is 12.2 Å². The molecule has 1 aliphatic heterocycles. The van der Waals surface area contributed by atoms with E-state index in [-0.39, 0.29) is 13.0 Å². The number of halogens is 2. The molecule has 1 fully saturated rings. The Hall–Kier alpha value is -0.970. The molecule has 1 N–H and O–H groups in total. The van der Waals surface area contributed by atoms with E-state index in [9.17, 15) is 13.6 Å². The van der Waals surface area contributed by atoms with E-state index in [1.807, 2.05) is 0 Å². The average molecular weight is 219 g/mol. The minimum atomic E-state index is -2.71. The van der Waals surface area contributed by atoms with Crippen molar-refractivity contribution in [1.82, 2.24) is 4.90 Å². The van der Waals surface area contributed by atoms with Crippen LogP contribution in [0.3, 0.4) is 0 Å². The van der Waals surface area contributed by atoms with Crippen LogP contribution in [0, 0.1) is 0 Å². The molecule has 1 aliphatic rings. The van der Waals surface area contributed by atoms with Gasteiger partial charge in [0, 0.05) is 25.6 Å². The zero-order chi connectivity index (χ0) is 11.3. The Morgan fingerprint density at radius 2 is 2.20 bits per heavy atom. The predicted octanol–water partition coefficient (Wildman–Crippen LogP) is 2.10. The normalized spacial score (nSPS) is 22.0. The van der Waals surface area contributed by atoms with Gasteiger partial charge in [-0.05, 0) is 19.3 Å². The lowest BCUT2D eigenvalue weighted by atomic mass is 10.1. The molecule has 0 unspecified atom stereocenters. The van der Waals surface area contributed by atoms with Crippen LogP contribution in [0.4, 0.5) is 8.78 Å². The molecule has 1 heterocycles. The van der Waals surface area contributed by atoms with Gasteiger partial charge in [-0.2, -0.15) is 8.78 Å². The van der Waals surface area contributed by atoms with Crippen LogP contribution in [0.5, 0.6) is 0 Å². The zero-order valence-corrected chi connectivity index (χ0v) is 8.46. The summed E-state index contributed by atoms with van der Waals surface area (Å²) in [6, 6.07) is -2.71. The molecule has 0 aromatic rings. The molecular formula is C10H15F2NO2. The molecule has 0 amide bonds. The molecule has 0 saturated carbocycles. The first kappa shape index (κ1) is 12.1. The van der Waals surface area contributed by atoms with Crippen LogP contribution in [0.15, 0.2) is 12.2 Å². The molecule has 1 rings (SSSR count). The molecule has 0 aromatic carbocycles. The van der Waals surface area contributed by atoms with Crippen molar-refractivity contribution in [1.29, 1.82) is 0 Å².